The molecule has 0 N–H and O–H groups in total. The van der Waals surface area contributed by atoms with E-state index in [0.717, 1.165) is 37.0 Å². The SMILES string of the molecule is CCCCOc1ccc(/C=C2/SC(=S)N(C3CCCCC3)C2=O)cc1OC. The zero-order valence-corrected chi connectivity index (χ0v) is 17.7. The molecule has 27 heavy (non-hydrogen) atoms. The van der Waals surface area contributed by atoms with E-state index < -0.39 is 0 Å². The van der Waals surface area contributed by atoms with Crippen molar-refractivity contribution in [1.82, 2.24) is 4.90 Å². The predicted molar refractivity (Wildman–Crippen MR) is 115 cm³/mol. The van der Waals surface area contributed by atoms with Gasteiger partial charge in [-0.05, 0) is 43.0 Å². The minimum absolute atomic E-state index is 0.0409. The average molecular weight is 406 g/mol. The first-order chi connectivity index (χ1) is 13.1. The minimum Gasteiger partial charge on any atom is -0.493 e. The number of thiocarbonyl (C=S) groups is 1. The lowest BCUT2D eigenvalue weighted by Gasteiger charge is -2.29. The van der Waals surface area contributed by atoms with Gasteiger partial charge in [0.15, 0.2) is 11.5 Å². The third-order valence-corrected chi connectivity index (χ3v) is 6.33. The van der Waals surface area contributed by atoms with Crippen LogP contribution >= 0.6 is 24.0 Å². The maximum absolute atomic E-state index is 12.9. The second kappa shape index (κ2) is 9.60. The van der Waals surface area contributed by atoms with E-state index in [-0.39, 0.29) is 11.9 Å². The molecule has 4 nitrogen and oxygen atoms in total. The van der Waals surface area contributed by atoms with Crippen LogP contribution in [0, 0.1) is 0 Å². The zero-order valence-electron chi connectivity index (χ0n) is 16.0. The van der Waals surface area contributed by atoms with Crippen LogP contribution in [0.25, 0.3) is 6.08 Å². The van der Waals surface area contributed by atoms with Gasteiger partial charge in [-0.2, -0.15) is 0 Å². The van der Waals surface area contributed by atoms with Gasteiger partial charge in [-0.3, -0.25) is 9.69 Å². The third-order valence-electron chi connectivity index (χ3n) is 5.00. The number of carbonyl (C=O) groups is 1. The van der Waals surface area contributed by atoms with Crippen molar-refractivity contribution in [3.63, 3.8) is 0 Å². The van der Waals surface area contributed by atoms with Crippen LogP contribution in [0.5, 0.6) is 11.5 Å². The van der Waals surface area contributed by atoms with Gasteiger partial charge < -0.3 is 9.47 Å². The number of amides is 1. The smallest absolute Gasteiger partial charge is 0.266 e. The molecule has 2 fully saturated rings. The number of hydrogen-bond acceptors (Lipinski definition) is 5. The van der Waals surface area contributed by atoms with Crippen molar-refractivity contribution < 1.29 is 14.3 Å². The number of nitrogens with zero attached hydrogens (tertiary/aromatic N) is 1. The van der Waals surface area contributed by atoms with Crippen molar-refractivity contribution in [1.29, 1.82) is 0 Å². The summed E-state index contributed by atoms with van der Waals surface area (Å²) in [4.78, 5) is 15.4. The molecule has 1 aromatic carbocycles. The second-order valence-electron chi connectivity index (χ2n) is 6.96. The van der Waals surface area contributed by atoms with Crippen LogP contribution in [-0.4, -0.2) is 34.9 Å². The normalized spacial score (nSPS) is 19.8. The summed E-state index contributed by atoms with van der Waals surface area (Å²) < 4.78 is 11.9. The fraction of sp³-hybridized carbons (Fsp3) is 0.524. The lowest BCUT2D eigenvalue weighted by atomic mass is 9.94. The highest BCUT2D eigenvalue weighted by Gasteiger charge is 2.37. The van der Waals surface area contributed by atoms with Crippen LogP contribution < -0.4 is 9.47 Å². The van der Waals surface area contributed by atoms with E-state index in [1.54, 1.807) is 7.11 Å². The molecular formula is C21H27NO3S2. The van der Waals surface area contributed by atoms with E-state index in [4.69, 9.17) is 21.7 Å². The monoisotopic (exact) mass is 405 g/mol. The van der Waals surface area contributed by atoms with E-state index in [1.807, 2.05) is 29.2 Å². The van der Waals surface area contributed by atoms with Crippen molar-refractivity contribution in [2.24, 2.45) is 0 Å². The van der Waals surface area contributed by atoms with Crippen LogP contribution in [0.3, 0.4) is 0 Å². The Bertz CT molecular complexity index is 726. The summed E-state index contributed by atoms with van der Waals surface area (Å²) in [6.07, 6.45) is 9.72. The number of thioether (sulfide) groups is 1. The van der Waals surface area contributed by atoms with Crippen LogP contribution in [0.2, 0.25) is 0 Å². The molecule has 0 bridgehead atoms. The standard InChI is InChI=1S/C21H27NO3S2/c1-3-4-12-25-17-11-10-15(13-18(17)24-2)14-19-20(23)22(21(26)27-19)16-8-6-5-7-9-16/h10-11,13-14,16H,3-9,12H2,1-2H3/b19-14+. The van der Waals surface area contributed by atoms with Gasteiger partial charge in [-0.15, -0.1) is 0 Å². The Morgan fingerprint density at radius 3 is 2.74 bits per heavy atom. The first-order valence-corrected chi connectivity index (χ1v) is 10.9. The Morgan fingerprint density at radius 1 is 1.26 bits per heavy atom. The molecule has 0 aromatic heterocycles. The largest absolute Gasteiger partial charge is 0.493 e. The quantitative estimate of drug-likeness (QED) is 0.345. The summed E-state index contributed by atoms with van der Waals surface area (Å²) in [6, 6.07) is 6.04. The van der Waals surface area contributed by atoms with Gasteiger partial charge in [0.2, 0.25) is 0 Å². The van der Waals surface area contributed by atoms with E-state index >= 15 is 0 Å². The topological polar surface area (TPSA) is 38.8 Å². The number of benzene rings is 1. The number of ether oxygens (including phenoxy) is 2. The molecule has 1 saturated carbocycles. The van der Waals surface area contributed by atoms with Crippen molar-refractivity contribution >= 4 is 40.3 Å². The highest BCUT2D eigenvalue weighted by atomic mass is 32.2. The highest BCUT2D eigenvalue weighted by Crippen LogP contribution is 2.38. The molecule has 1 aliphatic heterocycles. The van der Waals surface area contributed by atoms with Crippen molar-refractivity contribution in [2.45, 2.75) is 57.9 Å². The molecule has 1 aromatic rings. The number of hydrogen-bond donors (Lipinski definition) is 0. The van der Waals surface area contributed by atoms with Gasteiger partial charge in [-0.1, -0.05) is 62.7 Å². The fourth-order valence-corrected chi connectivity index (χ4v) is 4.91. The number of rotatable bonds is 7. The fourth-order valence-electron chi connectivity index (χ4n) is 3.50. The Hall–Kier alpha value is -1.53. The van der Waals surface area contributed by atoms with Crippen molar-refractivity contribution in [3.8, 4) is 11.5 Å². The number of methoxy groups -OCH3 is 1. The molecule has 1 aliphatic carbocycles. The Morgan fingerprint density at radius 2 is 2.04 bits per heavy atom. The Balaban J connectivity index is 1.75. The molecule has 0 radical (unpaired) electrons. The molecular weight excluding hydrogens is 378 g/mol. The molecule has 1 heterocycles. The molecule has 3 rings (SSSR count). The van der Waals surface area contributed by atoms with E-state index in [0.29, 0.717) is 21.6 Å². The van der Waals surface area contributed by atoms with Gasteiger partial charge >= 0.3 is 0 Å². The first-order valence-electron chi connectivity index (χ1n) is 9.72. The maximum atomic E-state index is 12.9. The van der Waals surface area contributed by atoms with Crippen molar-refractivity contribution in [2.75, 3.05) is 13.7 Å². The molecule has 6 heteroatoms. The average Bonchev–Trinajstić information content (AvgIpc) is 2.96. The molecule has 146 valence electrons. The van der Waals surface area contributed by atoms with E-state index in [2.05, 4.69) is 6.92 Å². The van der Waals surface area contributed by atoms with Crippen LogP contribution in [0.15, 0.2) is 23.1 Å². The zero-order chi connectivity index (χ0) is 19.2. The Kier molecular flexibility index (Phi) is 7.19. The molecule has 1 amide bonds. The lowest BCUT2D eigenvalue weighted by molar-refractivity contribution is -0.124. The summed E-state index contributed by atoms with van der Waals surface area (Å²) in [5, 5.41) is 0. The molecule has 0 spiro atoms. The van der Waals surface area contributed by atoms with Gasteiger partial charge in [0.05, 0.1) is 18.6 Å². The lowest BCUT2D eigenvalue weighted by Crippen LogP contribution is -2.39. The summed E-state index contributed by atoms with van der Waals surface area (Å²) in [6.45, 7) is 2.81. The third kappa shape index (κ3) is 4.85. The number of carbonyl (C=O) groups excluding carboxylic acids is 1. The summed E-state index contributed by atoms with van der Waals surface area (Å²) in [5.41, 5.74) is 0.916. The van der Waals surface area contributed by atoms with Crippen LogP contribution in [0.4, 0.5) is 0 Å². The van der Waals surface area contributed by atoms with Gasteiger partial charge in [0, 0.05) is 6.04 Å². The molecule has 2 aliphatic rings. The van der Waals surface area contributed by atoms with E-state index in [1.165, 1.54) is 31.0 Å². The number of unbranched alkanes of at least 4 members (excludes halogenated alkanes) is 1. The first kappa shape index (κ1) is 20.2. The Labute approximate surface area is 171 Å². The molecule has 0 atom stereocenters. The highest BCUT2D eigenvalue weighted by molar-refractivity contribution is 8.26. The maximum Gasteiger partial charge on any atom is 0.266 e. The van der Waals surface area contributed by atoms with Gasteiger partial charge in [-0.25, -0.2) is 0 Å². The predicted octanol–water partition coefficient (Wildman–Crippen LogP) is 5.41. The summed E-state index contributed by atoms with van der Waals surface area (Å²) in [7, 11) is 1.63. The van der Waals surface area contributed by atoms with E-state index in [9.17, 15) is 4.79 Å². The van der Waals surface area contributed by atoms with Crippen molar-refractivity contribution in [3.05, 3.63) is 28.7 Å². The van der Waals surface area contributed by atoms with Gasteiger partial charge in [0.25, 0.3) is 5.91 Å². The molecule has 1 saturated heterocycles. The summed E-state index contributed by atoms with van der Waals surface area (Å²) in [5.74, 6) is 1.46. The second-order valence-corrected chi connectivity index (χ2v) is 8.63. The summed E-state index contributed by atoms with van der Waals surface area (Å²) >= 11 is 6.90. The minimum atomic E-state index is 0.0409. The van der Waals surface area contributed by atoms with Crippen LogP contribution in [0.1, 0.15) is 57.4 Å². The van der Waals surface area contributed by atoms with Crippen LogP contribution in [-0.2, 0) is 4.79 Å². The molecule has 0 unspecified atom stereocenters. The van der Waals surface area contributed by atoms with Gasteiger partial charge in [0.1, 0.15) is 4.32 Å².